The zero-order valence-corrected chi connectivity index (χ0v) is 29.7. The molecule has 53 heavy (non-hydrogen) atoms. The van der Waals surface area contributed by atoms with E-state index in [9.17, 15) is 0 Å². The van der Waals surface area contributed by atoms with Crippen molar-refractivity contribution in [1.29, 1.82) is 0 Å². The molecule has 0 bridgehead atoms. The lowest BCUT2D eigenvalue weighted by atomic mass is 9.77. The van der Waals surface area contributed by atoms with Gasteiger partial charge in [-0.3, -0.25) is 9.97 Å². The molecule has 254 valence electrons. The molecule has 1 aliphatic carbocycles. The van der Waals surface area contributed by atoms with Gasteiger partial charge in [0.05, 0.1) is 22.8 Å². The van der Waals surface area contributed by atoms with E-state index in [1.807, 2.05) is 60.9 Å². The van der Waals surface area contributed by atoms with Crippen LogP contribution in [0.3, 0.4) is 0 Å². The van der Waals surface area contributed by atoms with Crippen molar-refractivity contribution in [2.24, 2.45) is 5.92 Å². The Morgan fingerprint density at radius 1 is 0.415 bits per heavy atom. The molecule has 9 rings (SSSR count). The first-order valence-electron chi connectivity index (χ1n) is 18.4. The number of nitrogens with zero attached hydrogens (tertiary/aromatic N) is 4. The maximum absolute atomic E-state index is 5.13. The minimum absolute atomic E-state index is 0.603. The maximum atomic E-state index is 5.13. The van der Waals surface area contributed by atoms with Crippen LogP contribution in [0.1, 0.15) is 24.5 Å². The van der Waals surface area contributed by atoms with Gasteiger partial charge in [0.15, 0.2) is 5.82 Å². The van der Waals surface area contributed by atoms with Gasteiger partial charge in [-0.1, -0.05) is 110 Å². The second-order valence-corrected chi connectivity index (χ2v) is 14.0. The standard InChI is InChI=1S/C49H38N4/c1-33-21-22-43-41(23-24-42(44(43)27-33)38-29-39(45-19-8-10-25-50-45)31-40(30-38)46-20-9-11-26-51-46)36-17-12-18-37(28-36)48-32-47(34-13-4-2-5-14-34)52-49(53-48)35-15-6-3-7-16-35/h2-20,23-26,28-33H,21-22,27H2,1H3. The van der Waals surface area contributed by atoms with Crippen molar-refractivity contribution < 1.29 is 0 Å². The largest absolute Gasteiger partial charge is 0.256 e. The lowest BCUT2D eigenvalue weighted by Gasteiger charge is -2.27. The summed E-state index contributed by atoms with van der Waals surface area (Å²) >= 11 is 0. The molecule has 3 aromatic heterocycles. The zero-order valence-electron chi connectivity index (χ0n) is 29.7. The smallest absolute Gasteiger partial charge is 0.160 e. The van der Waals surface area contributed by atoms with Gasteiger partial charge in [-0.15, -0.1) is 0 Å². The van der Waals surface area contributed by atoms with E-state index in [0.717, 1.165) is 69.3 Å². The predicted molar refractivity (Wildman–Crippen MR) is 217 cm³/mol. The Bertz CT molecular complexity index is 2420. The van der Waals surface area contributed by atoms with Crippen molar-refractivity contribution >= 4 is 0 Å². The SMILES string of the molecule is CC1CCc2c(-c3cccc(-c4cc(-c5ccccc5)nc(-c5ccccc5)n4)c3)ccc(-c3cc(-c4ccccn4)cc(-c4ccccn4)c3)c2C1. The summed E-state index contributed by atoms with van der Waals surface area (Å²) in [6.45, 7) is 2.38. The van der Waals surface area contributed by atoms with Crippen molar-refractivity contribution in [2.75, 3.05) is 0 Å². The Kier molecular flexibility index (Phi) is 8.71. The van der Waals surface area contributed by atoms with Crippen LogP contribution in [-0.2, 0) is 12.8 Å². The highest BCUT2D eigenvalue weighted by atomic mass is 14.9. The summed E-state index contributed by atoms with van der Waals surface area (Å²) in [5.41, 5.74) is 16.9. The highest BCUT2D eigenvalue weighted by Crippen LogP contribution is 2.42. The molecule has 4 heteroatoms. The molecule has 0 radical (unpaired) electrons. The van der Waals surface area contributed by atoms with Gasteiger partial charge in [0.2, 0.25) is 0 Å². The van der Waals surface area contributed by atoms with Crippen molar-refractivity contribution in [3.63, 3.8) is 0 Å². The lowest BCUT2D eigenvalue weighted by molar-refractivity contribution is 0.502. The third kappa shape index (κ3) is 6.68. The highest BCUT2D eigenvalue weighted by Gasteiger charge is 2.23. The second kappa shape index (κ2) is 14.2. The third-order valence-electron chi connectivity index (χ3n) is 10.3. The van der Waals surface area contributed by atoms with Crippen LogP contribution in [0.25, 0.3) is 78.7 Å². The molecule has 0 spiro atoms. The van der Waals surface area contributed by atoms with Crippen LogP contribution in [0.2, 0.25) is 0 Å². The van der Waals surface area contributed by atoms with Crippen molar-refractivity contribution in [3.05, 3.63) is 181 Å². The lowest BCUT2D eigenvalue weighted by Crippen LogP contribution is -2.14. The monoisotopic (exact) mass is 682 g/mol. The summed E-state index contributed by atoms with van der Waals surface area (Å²) in [5.74, 6) is 1.33. The van der Waals surface area contributed by atoms with Crippen LogP contribution in [0.5, 0.6) is 0 Å². The molecule has 0 saturated carbocycles. The van der Waals surface area contributed by atoms with Crippen LogP contribution >= 0.6 is 0 Å². The molecule has 0 saturated heterocycles. The molecule has 0 fully saturated rings. The molecule has 0 amide bonds. The van der Waals surface area contributed by atoms with Crippen LogP contribution in [0.15, 0.2) is 170 Å². The van der Waals surface area contributed by atoms with Gasteiger partial charge in [0.25, 0.3) is 0 Å². The van der Waals surface area contributed by atoms with E-state index in [0.29, 0.717) is 5.92 Å². The van der Waals surface area contributed by atoms with Gasteiger partial charge < -0.3 is 0 Å². The Morgan fingerprint density at radius 2 is 0.943 bits per heavy atom. The van der Waals surface area contributed by atoms with Gasteiger partial charge in [-0.05, 0) is 113 Å². The number of hydrogen-bond donors (Lipinski definition) is 0. The first-order valence-corrected chi connectivity index (χ1v) is 18.4. The number of aromatic nitrogens is 4. The summed E-state index contributed by atoms with van der Waals surface area (Å²) in [7, 11) is 0. The van der Waals surface area contributed by atoms with Gasteiger partial charge in [0.1, 0.15) is 0 Å². The molecule has 1 aliphatic rings. The van der Waals surface area contributed by atoms with Gasteiger partial charge >= 0.3 is 0 Å². The number of hydrogen-bond acceptors (Lipinski definition) is 4. The van der Waals surface area contributed by atoms with Crippen molar-refractivity contribution in [2.45, 2.75) is 26.2 Å². The Balaban J connectivity index is 1.17. The normalized spacial score (nSPS) is 13.7. The van der Waals surface area contributed by atoms with E-state index in [-0.39, 0.29) is 0 Å². The van der Waals surface area contributed by atoms with E-state index >= 15 is 0 Å². The van der Waals surface area contributed by atoms with E-state index in [1.165, 1.54) is 39.8 Å². The van der Waals surface area contributed by atoms with Crippen LogP contribution in [0.4, 0.5) is 0 Å². The molecule has 8 aromatic rings. The molecule has 5 aromatic carbocycles. The van der Waals surface area contributed by atoms with Crippen molar-refractivity contribution in [1.82, 2.24) is 19.9 Å². The maximum Gasteiger partial charge on any atom is 0.160 e. The second-order valence-electron chi connectivity index (χ2n) is 14.0. The van der Waals surface area contributed by atoms with Gasteiger partial charge in [0, 0.05) is 40.2 Å². The average molecular weight is 683 g/mol. The summed E-state index contributed by atoms with van der Waals surface area (Å²) in [5, 5.41) is 0. The topological polar surface area (TPSA) is 51.6 Å². The summed E-state index contributed by atoms with van der Waals surface area (Å²) in [6.07, 6.45) is 6.98. The Labute approximate surface area is 311 Å². The molecule has 1 unspecified atom stereocenters. The molecular formula is C49H38N4. The van der Waals surface area contributed by atoms with Gasteiger partial charge in [-0.25, -0.2) is 9.97 Å². The van der Waals surface area contributed by atoms with E-state index in [1.54, 1.807) is 0 Å². The Hall–Kier alpha value is -6.52. The minimum Gasteiger partial charge on any atom is -0.256 e. The summed E-state index contributed by atoms with van der Waals surface area (Å²) in [6, 6.07) is 55.3. The van der Waals surface area contributed by atoms with Crippen LogP contribution in [0, 0.1) is 5.92 Å². The molecule has 0 N–H and O–H groups in total. The fourth-order valence-corrected chi connectivity index (χ4v) is 7.65. The fourth-order valence-electron chi connectivity index (χ4n) is 7.65. The van der Waals surface area contributed by atoms with E-state index in [2.05, 4.69) is 116 Å². The summed E-state index contributed by atoms with van der Waals surface area (Å²) in [4.78, 5) is 19.6. The molecule has 3 heterocycles. The number of rotatable bonds is 7. The molecule has 0 aliphatic heterocycles. The van der Waals surface area contributed by atoms with Crippen LogP contribution in [-0.4, -0.2) is 19.9 Å². The third-order valence-corrected chi connectivity index (χ3v) is 10.3. The highest BCUT2D eigenvalue weighted by molar-refractivity contribution is 5.85. The number of benzene rings is 5. The average Bonchev–Trinajstić information content (AvgIpc) is 3.24. The molecule has 1 atom stereocenters. The van der Waals surface area contributed by atoms with Crippen LogP contribution < -0.4 is 0 Å². The van der Waals surface area contributed by atoms with E-state index < -0.39 is 0 Å². The van der Waals surface area contributed by atoms with Gasteiger partial charge in [-0.2, -0.15) is 0 Å². The molecule has 4 nitrogen and oxygen atoms in total. The first kappa shape index (κ1) is 32.4. The predicted octanol–water partition coefficient (Wildman–Crippen LogP) is 12.1. The van der Waals surface area contributed by atoms with Crippen molar-refractivity contribution in [3.8, 4) is 78.7 Å². The zero-order chi connectivity index (χ0) is 35.6. The fraction of sp³-hybridized carbons (Fsp3) is 0.102. The van der Waals surface area contributed by atoms with E-state index in [4.69, 9.17) is 19.9 Å². The number of pyridine rings is 2. The summed E-state index contributed by atoms with van der Waals surface area (Å²) < 4.78 is 0. The molecular weight excluding hydrogens is 645 g/mol. The number of fused-ring (bicyclic) bond motifs is 1. The quantitative estimate of drug-likeness (QED) is 0.168. The first-order chi connectivity index (χ1) is 26.2. The minimum atomic E-state index is 0.603. The Morgan fingerprint density at radius 3 is 1.58 bits per heavy atom.